The van der Waals surface area contributed by atoms with Crippen molar-refractivity contribution in [3.8, 4) is 11.5 Å². The second-order valence-electron chi connectivity index (χ2n) is 7.68. The summed E-state index contributed by atoms with van der Waals surface area (Å²) in [6, 6.07) is 3.09. The molecular weight excluding hydrogens is 336 g/mol. The fourth-order valence-corrected chi connectivity index (χ4v) is 3.30. The van der Waals surface area contributed by atoms with Crippen molar-refractivity contribution >= 4 is 17.1 Å². The van der Waals surface area contributed by atoms with E-state index in [2.05, 4.69) is 4.90 Å². The molecule has 0 aliphatic carbocycles. The summed E-state index contributed by atoms with van der Waals surface area (Å²) < 4.78 is 10.9. The molecule has 0 saturated carbocycles. The number of fused-ring (bicyclic) bond motifs is 1. The molecule has 2 N–H and O–H groups in total. The van der Waals surface area contributed by atoms with E-state index in [1.165, 1.54) is 6.26 Å². The molecule has 0 spiro atoms. The zero-order valence-electron chi connectivity index (χ0n) is 15.7. The van der Waals surface area contributed by atoms with Crippen molar-refractivity contribution in [1.82, 2.24) is 9.80 Å². The van der Waals surface area contributed by atoms with E-state index in [1.54, 1.807) is 17.0 Å². The lowest BCUT2D eigenvalue weighted by atomic mass is 10.0. The third-order valence-corrected chi connectivity index (χ3v) is 4.67. The van der Waals surface area contributed by atoms with Gasteiger partial charge in [-0.3, -0.25) is 4.90 Å². The minimum absolute atomic E-state index is 0.0585. The molecule has 1 aromatic heterocycles. The monoisotopic (exact) mass is 362 g/mol. The molecule has 1 aromatic carbocycles. The Hall–Kier alpha value is -2.41. The minimum Gasteiger partial charge on any atom is -0.507 e. The molecular formula is C19H26N2O5. The maximum atomic E-state index is 12.2. The van der Waals surface area contributed by atoms with Crippen molar-refractivity contribution in [2.24, 2.45) is 0 Å². The zero-order valence-corrected chi connectivity index (χ0v) is 15.7. The topological polar surface area (TPSA) is 86.4 Å². The van der Waals surface area contributed by atoms with Gasteiger partial charge in [0.1, 0.15) is 23.2 Å². The number of carbonyl (C=O) groups excluding carboxylic acids is 1. The van der Waals surface area contributed by atoms with Crippen molar-refractivity contribution < 1.29 is 24.2 Å². The molecule has 1 unspecified atom stereocenters. The van der Waals surface area contributed by atoms with Crippen molar-refractivity contribution in [2.45, 2.75) is 39.3 Å². The molecule has 2 aromatic rings. The van der Waals surface area contributed by atoms with E-state index in [4.69, 9.17) is 9.15 Å². The Morgan fingerprint density at radius 2 is 1.81 bits per heavy atom. The molecule has 1 aliphatic heterocycles. The van der Waals surface area contributed by atoms with Crippen LogP contribution in [-0.2, 0) is 4.74 Å². The number of benzene rings is 1. The van der Waals surface area contributed by atoms with Crippen molar-refractivity contribution in [1.29, 1.82) is 0 Å². The Labute approximate surface area is 152 Å². The highest BCUT2D eigenvalue weighted by molar-refractivity contribution is 5.88. The number of hydrogen-bond donors (Lipinski definition) is 2. The Bertz CT molecular complexity index is 800. The largest absolute Gasteiger partial charge is 0.507 e. The van der Waals surface area contributed by atoms with Gasteiger partial charge in [0.2, 0.25) is 0 Å². The molecule has 1 atom stereocenters. The lowest BCUT2D eigenvalue weighted by Gasteiger charge is -2.38. The molecule has 0 bridgehead atoms. The van der Waals surface area contributed by atoms with E-state index in [1.807, 2.05) is 27.7 Å². The summed E-state index contributed by atoms with van der Waals surface area (Å²) in [5.74, 6) is 0.192. The fourth-order valence-electron chi connectivity index (χ4n) is 3.30. The third-order valence-electron chi connectivity index (χ3n) is 4.67. The summed E-state index contributed by atoms with van der Waals surface area (Å²) in [6.07, 6.45) is 0.978. The van der Waals surface area contributed by atoms with Crippen molar-refractivity contribution in [2.75, 3.05) is 26.2 Å². The third kappa shape index (κ3) is 3.58. The zero-order chi connectivity index (χ0) is 19.1. The molecule has 7 heteroatoms. The summed E-state index contributed by atoms with van der Waals surface area (Å²) in [6.45, 7) is 9.96. The smallest absolute Gasteiger partial charge is 0.410 e. The first-order chi connectivity index (χ1) is 12.2. The van der Waals surface area contributed by atoms with Crippen LogP contribution in [-0.4, -0.2) is 57.9 Å². The molecule has 142 valence electrons. The molecule has 26 heavy (non-hydrogen) atoms. The van der Waals surface area contributed by atoms with Crippen LogP contribution >= 0.6 is 0 Å². The summed E-state index contributed by atoms with van der Waals surface area (Å²) >= 11 is 0. The number of nitrogens with zero attached hydrogens (tertiary/aromatic N) is 2. The number of amides is 1. The van der Waals surface area contributed by atoms with Crippen LogP contribution in [0.3, 0.4) is 0 Å². The van der Waals surface area contributed by atoms with Gasteiger partial charge in [-0.15, -0.1) is 0 Å². The summed E-state index contributed by atoms with van der Waals surface area (Å²) in [7, 11) is 0. The molecule has 3 rings (SSSR count). The number of furan rings is 1. The van der Waals surface area contributed by atoms with Crippen LogP contribution in [0.1, 0.15) is 39.3 Å². The number of carbonyl (C=O) groups is 1. The fraction of sp³-hybridized carbons (Fsp3) is 0.526. The summed E-state index contributed by atoms with van der Waals surface area (Å²) in [5, 5.41) is 20.8. The standard InChI is InChI=1S/C19H26N2O5/c1-12(16-14(22)6-5-13-15(23)11-25-17(13)16)20-7-9-21(10-8-20)18(24)26-19(2,3)4/h5-6,11-12,22-23H,7-10H2,1-4H3. The Balaban J connectivity index is 1.72. The number of aromatic hydroxyl groups is 2. The van der Waals surface area contributed by atoms with E-state index < -0.39 is 5.60 Å². The normalized spacial score (nSPS) is 17.5. The number of ether oxygens (including phenoxy) is 1. The van der Waals surface area contributed by atoms with Gasteiger partial charge in [0.25, 0.3) is 0 Å². The van der Waals surface area contributed by atoms with Gasteiger partial charge >= 0.3 is 6.09 Å². The second-order valence-corrected chi connectivity index (χ2v) is 7.68. The quantitative estimate of drug-likeness (QED) is 0.851. The van der Waals surface area contributed by atoms with E-state index >= 15 is 0 Å². The number of phenols is 1. The lowest BCUT2D eigenvalue weighted by molar-refractivity contribution is 0.0109. The van der Waals surface area contributed by atoms with Crippen LogP contribution in [0, 0.1) is 0 Å². The Morgan fingerprint density at radius 3 is 2.42 bits per heavy atom. The van der Waals surface area contributed by atoms with Crippen LogP contribution in [0.25, 0.3) is 11.0 Å². The van der Waals surface area contributed by atoms with Gasteiger partial charge in [0.05, 0.1) is 10.9 Å². The average molecular weight is 362 g/mol. The average Bonchev–Trinajstić information content (AvgIpc) is 2.94. The van der Waals surface area contributed by atoms with E-state index in [0.717, 1.165) is 0 Å². The highest BCUT2D eigenvalue weighted by atomic mass is 16.6. The van der Waals surface area contributed by atoms with Crippen LogP contribution in [0.4, 0.5) is 4.79 Å². The molecule has 2 heterocycles. The van der Waals surface area contributed by atoms with Gasteiger partial charge in [-0.1, -0.05) is 0 Å². The Morgan fingerprint density at radius 1 is 1.15 bits per heavy atom. The lowest BCUT2D eigenvalue weighted by Crippen LogP contribution is -2.50. The van der Waals surface area contributed by atoms with Gasteiger partial charge in [-0.2, -0.15) is 0 Å². The number of hydrogen-bond acceptors (Lipinski definition) is 6. The van der Waals surface area contributed by atoms with E-state index in [0.29, 0.717) is 42.7 Å². The van der Waals surface area contributed by atoms with Gasteiger partial charge < -0.3 is 24.3 Å². The first-order valence-electron chi connectivity index (χ1n) is 8.81. The van der Waals surface area contributed by atoms with E-state index in [9.17, 15) is 15.0 Å². The van der Waals surface area contributed by atoms with Crippen LogP contribution in [0.15, 0.2) is 22.8 Å². The molecule has 1 fully saturated rings. The SMILES string of the molecule is CC(c1c(O)ccc2c(O)coc12)N1CCN(C(=O)OC(C)(C)C)CC1. The Kier molecular flexibility index (Phi) is 4.75. The van der Waals surface area contributed by atoms with E-state index in [-0.39, 0.29) is 23.6 Å². The highest BCUT2D eigenvalue weighted by Gasteiger charge is 2.30. The van der Waals surface area contributed by atoms with Crippen LogP contribution in [0.2, 0.25) is 0 Å². The van der Waals surface area contributed by atoms with Gasteiger partial charge in [0.15, 0.2) is 5.75 Å². The molecule has 0 radical (unpaired) electrons. The number of phenolic OH excluding ortho intramolecular Hbond substituents is 1. The van der Waals surface area contributed by atoms with Crippen LogP contribution in [0.5, 0.6) is 11.5 Å². The molecule has 1 saturated heterocycles. The molecule has 1 aliphatic rings. The predicted molar refractivity (Wildman–Crippen MR) is 97.3 cm³/mol. The molecule has 1 amide bonds. The van der Waals surface area contributed by atoms with Crippen LogP contribution < -0.4 is 0 Å². The predicted octanol–water partition coefficient (Wildman–Crippen LogP) is 3.46. The maximum absolute atomic E-state index is 12.2. The van der Waals surface area contributed by atoms with Crippen molar-refractivity contribution in [3.63, 3.8) is 0 Å². The van der Waals surface area contributed by atoms with Gasteiger partial charge in [0, 0.05) is 32.2 Å². The summed E-state index contributed by atoms with van der Waals surface area (Å²) in [5.41, 5.74) is 0.627. The van der Waals surface area contributed by atoms with Crippen molar-refractivity contribution in [3.05, 3.63) is 24.0 Å². The first-order valence-corrected chi connectivity index (χ1v) is 8.81. The number of piperazine rings is 1. The number of rotatable bonds is 2. The minimum atomic E-state index is -0.510. The molecule has 7 nitrogen and oxygen atoms in total. The van der Waals surface area contributed by atoms with Gasteiger partial charge in [-0.25, -0.2) is 4.79 Å². The second kappa shape index (κ2) is 6.72. The highest BCUT2D eigenvalue weighted by Crippen LogP contribution is 2.39. The summed E-state index contributed by atoms with van der Waals surface area (Å²) in [4.78, 5) is 16.1. The maximum Gasteiger partial charge on any atom is 0.410 e. The first kappa shape index (κ1) is 18.4. The van der Waals surface area contributed by atoms with Gasteiger partial charge in [-0.05, 0) is 39.8 Å².